The van der Waals surface area contributed by atoms with Crippen LogP contribution in [0, 0.1) is 11.6 Å². The number of halogens is 2. The third kappa shape index (κ3) is 2.47. The highest BCUT2D eigenvalue weighted by Crippen LogP contribution is 2.24. The van der Waals surface area contributed by atoms with Gasteiger partial charge in [0.25, 0.3) is 0 Å². The minimum absolute atomic E-state index is 0.0699. The lowest BCUT2D eigenvalue weighted by Gasteiger charge is -2.28. The maximum Gasteiger partial charge on any atom is 0.156 e. The van der Waals surface area contributed by atoms with Crippen LogP contribution in [0.3, 0.4) is 0 Å². The first-order chi connectivity index (χ1) is 7.90. The summed E-state index contributed by atoms with van der Waals surface area (Å²) in [5.74, 6) is -1.36. The van der Waals surface area contributed by atoms with Gasteiger partial charge in [0.1, 0.15) is 11.6 Å². The van der Waals surface area contributed by atoms with Crippen LogP contribution >= 0.6 is 0 Å². The summed E-state index contributed by atoms with van der Waals surface area (Å²) in [7, 11) is -3.24. The Hall–Kier alpha value is -1.01. The van der Waals surface area contributed by atoms with Gasteiger partial charge in [-0.3, -0.25) is 0 Å². The number of nitrogens with one attached hydrogen (secondary N) is 1. The largest absolute Gasteiger partial charge is 0.308 e. The molecule has 94 valence electrons. The van der Waals surface area contributed by atoms with E-state index in [4.69, 9.17) is 0 Å². The van der Waals surface area contributed by atoms with E-state index in [1.807, 2.05) is 0 Å². The van der Waals surface area contributed by atoms with Gasteiger partial charge in [-0.25, -0.2) is 17.2 Å². The Kier molecular flexibility index (Phi) is 3.18. The van der Waals surface area contributed by atoms with Crippen LogP contribution in [0.4, 0.5) is 8.78 Å². The van der Waals surface area contributed by atoms with Gasteiger partial charge in [-0.2, -0.15) is 0 Å². The van der Waals surface area contributed by atoms with E-state index in [9.17, 15) is 17.2 Å². The fourth-order valence-corrected chi connectivity index (χ4v) is 3.31. The smallest absolute Gasteiger partial charge is 0.156 e. The SMILES string of the molecule is CC1CNC(c2cc(F)ccc2F)CS1(=O)=O. The van der Waals surface area contributed by atoms with Gasteiger partial charge in [0.15, 0.2) is 9.84 Å². The Morgan fingerprint density at radius 2 is 2.06 bits per heavy atom. The predicted molar refractivity (Wildman–Crippen MR) is 60.4 cm³/mol. The van der Waals surface area contributed by atoms with Crippen LogP contribution < -0.4 is 5.32 Å². The quantitative estimate of drug-likeness (QED) is 0.831. The van der Waals surface area contributed by atoms with Crippen molar-refractivity contribution in [3.05, 3.63) is 35.4 Å². The van der Waals surface area contributed by atoms with Gasteiger partial charge in [0.05, 0.1) is 11.0 Å². The lowest BCUT2D eigenvalue weighted by Crippen LogP contribution is -2.44. The highest BCUT2D eigenvalue weighted by atomic mass is 32.2. The Balaban J connectivity index is 2.33. The Bertz CT molecular complexity index is 530. The molecule has 1 fully saturated rings. The van der Waals surface area contributed by atoms with Crippen LogP contribution in [-0.2, 0) is 9.84 Å². The lowest BCUT2D eigenvalue weighted by molar-refractivity contribution is 0.481. The molecule has 0 saturated carbocycles. The number of hydrogen-bond acceptors (Lipinski definition) is 3. The molecule has 2 atom stereocenters. The summed E-state index contributed by atoms with van der Waals surface area (Å²) in [4.78, 5) is 0. The molecule has 2 unspecified atom stereocenters. The molecule has 3 nitrogen and oxygen atoms in total. The highest BCUT2D eigenvalue weighted by molar-refractivity contribution is 7.92. The van der Waals surface area contributed by atoms with Gasteiger partial charge in [-0.05, 0) is 25.1 Å². The monoisotopic (exact) mass is 261 g/mol. The van der Waals surface area contributed by atoms with Gasteiger partial charge in [-0.15, -0.1) is 0 Å². The van der Waals surface area contributed by atoms with Gasteiger partial charge in [0, 0.05) is 18.2 Å². The van der Waals surface area contributed by atoms with Crippen molar-refractivity contribution >= 4 is 9.84 Å². The van der Waals surface area contributed by atoms with Crippen molar-refractivity contribution in [3.63, 3.8) is 0 Å². The van der Waals surface area contributed by atoms with Crippen molar-refractivity contribution in [1.82, 2.24) is 5.32 Å². The number of rotatable bonds is 1. The van der Waals surface area contributed by atoms with E-state index in [1.54, 1.807) is 6.92 Å². The second-order valence-electron chi connectivity index (χ2n) is 4.27. The van der Waals surface area contributed by atoms with Gasteiger partial charge in [0.2, 0.25) is 0 Å². The van der Waals surface area contributed by atoms with Crippen LogP contribution in [0.25, 0.3) is 0 Å². The molecule has 17 heavy (non-hydrogen) atoms. The van der Waals surface area contributed by atoms with E-state index >= 15 is 0 Å². The molecule has 0 bridgehead atoms. The summed E-state index contributed by atoms with van der Waals surface area (Å²) in [6.07, 6.45) is 0. The zero-order valence-corrected chi connectivity index (χ0v) is 10.1. The van der Waals surface area contributed by atoms with Gasteiger partial charge < -0.3 is 5.32 Å². The summed E-state index contributed by atoms with van der Waals surface area (Å²) in [6.45, 7) is 1.85. The van der Waals surface area contributed by atoms with E-state index in [-0.39, 0.29) is 17.9 Å². The summed E-state index contributed by atoms with van der Waals surface area (Å²) < 4.78 is 49.9. The fraction of sp³-hybridized carbons (Fsp3) is 0.455. The van der Waals surface area contributed by atoms with Crippen molar-refractivity contribution in [2.24, 2.45) is 0 Å². The summed E-state index contributed by atoms with van der Waals surface area (Å²) >= 11 is 0. The molecular weight excluding hydrogens is 248 g/mol. The van der Waals surface area contributed by atoms with Crippen molar-refractivity contribution in [1.29, 1.82) is 0 Å². The molecule has 0 amide bonds. The predicted octanol–water partition coefficient (Wildman–Crippen LogP) is 1.41. The molecule has 1 N–H and O–H groups in total. The number of benzene rings is 1. The molecule has 2 rings (SSSR count). The number of hydrogen-bond donors (Lipinski definition) is 1. The van der Waals surface area contributed by atoms with Crippen LogP contribution in [0.1, 0.15) is 18.5 Å². The van der Waals surface area contributed by atoms with Crippen molar-refractivity contribution < 1.29 is 17.2 Å². The second kappa shape index (κ2) is 4.34. The average Bonchev–Trinajstić information content (AvgIpc) is 2.25. The van der Waals surface area contributed by atoms with Crippen LogP contribution in [-0.4, -0.2) is 26.0 Å². The molecule has 1 aliphatic heterocycles. The average molecular weight is 261 g/mol. The Labute approximate surface area is 98.8 Å². The molecule has 1 aromatic rings. The van der Waals surface area contributed by atoms with Gasteiger partial charge >= 0.3 is 0 Å². The lowest BCUT2D eigenvalue weighted by atomic mass is 10.1. The maximum atomic E-state index is 13.5. The molecule has 0 spiro atoms. The van der Waals surface area contributed by atoms with E-state index < -0.39 is 32.8 Å². The summed E-state index contributed by atoms with van der Waals surface area (Å²) in [6, 6.07) is 2.39. The van der Waals surface area contributed by atoms with Crippen LogP contribution in [0.5, 0.6) is 0 Å². The molecule has 1 heterocycles. The van der Waals surface area contributed by atoms with Gasteiger partial charge in [-0.1, -0.05) is 0 Å². The van der Waals surface area contributed by atoms with Crippen LogP contribution in [0.15, 0.2) is 18.2 Å². The van der Waals surface area contributed by atoms with Crippen molar-refractivity contribution in [2.75, 3.05) is 12.3 Å². The van der Waals surface area contributed by atoms with E-state index in [1.165, 1.54) is 0 Å². The Morgan fingerprint density at radius 3 is 2.71 bits per heavy atom. The molecule has 0 aromatic heterocycles. The third-order valence-electron chi connectivity index (χ3n) is 3.00. The topological polar surface area (TPSA) is 46.2 Å². The molecule has 1 aromatic carbocycles. The third-order valence-corrected chi connectivity index (χ3v) is 5.19. The zero-order chi connectivity index (χ0) is 12.6. The molecule has 1 aliphatic rings. The first kappa shape index (κ1) is 12.4. The first-order valence-electron chi connectivity index (χ1n) is 5.30. The zero-order valence-electron chi connectivity index (χ0n) is 9.28. The maximum absolute atomic E-state index is 13.5. The van der Waals surface area contributed by atoms with Crippen molar-refractivity contribution in [2.45, 2.75) is 18.2 Å². The molecular formula is C11H13F2NO2S. The first-order valence-corrected chi connectivity index (χ1v) is 7.01. The molecule has 1 saturated heterocycles. The highest BCUT2D eigenvalue weighted by Gasteiger charge is 2.32. The van der Waals surface area contributed by atoms with Crippen LogP contribution in [0.2, 0.25) is 0 Å². The van der Waals surface area contributed by atoms with Crippen molar-refractivity contribution in [3.8, 4) is 0 Å². The minimum atomic E-state index is -3.24. The van der Waals surface area contributed by atoms with E-state index in [0.717, 1.165) is 18.2 Å². The normalized spacial score (nSPS) is 27.9. The van der Waals surface area contributed by atoms with E-state index in [0.29, 0.717) is 0 Å². The Morgan fingerprint density at radius 1 is 1.35 bits per heavy atom. The summed E-state index contributed by atoms with van der Waals surface area (Å²) in [5.41, 5.74) is 0.0699. The minimum Gasteiger partial charge on any atom is -0.308 e. The second-order valence-corrected chi connectivity index (χ2v) is 6.73. The molecule has 0 aliphatic carbocycles. The molecule has 0 radical (unpaired) electrons. The summed E-state index contributed by atoms with van der Waals surface area (Å²) in [5, 5.41) is 2.43. The van der Waals surface area contributed by atoms with E-state index in [2.05, 4.69) is 5.32 Å². The number of sulfone groups is 1. The standard InChI is InChI=1S/C11H13F2NO2S/c1-7-5-14-11(6-17(7,15)16)9-4-8(12)2-3-10(9)13/h2-4,7,11,14H,5-6H2,1H3. The molecule has 6 heteroatoms. The fourth-order valence-electron chi connectivity index (χ4n) is 1.87.